The van der Waals surface area contributed by atoms with Crippen molar-refractivity contribution in [3.63, 3.8) is 0 Å². The molecule has 4 rings (SSSR count). The van der Waals surface area contributed by atoms with Crippen molar-refractivity contribution in [1.29, 1.82) is 0 Å². The fraction of sp³-hybridized carbons (Fsp3) is 0.0435. The van der Waals surface area contributed by atoms with E-state index in [1.54, 1.807) is 0 Å². The predicted molar refractivity (Wildman–Crippen MR) is 110 cm³/mol. The first-order valence-corrected chi connectivity index (χ1v) is 8.93. The zero-order chi connectivity index (χ0) is 17.4. The Balaban J connectivity index is 1.98. The van der Waals surface area contributed by atoms with E-state index in [0.29, 0.717) is 10.0 Å². The normalized spacial score (nSPS) is 11.0. The Hall–Kier alpha value is -2.28. The zero-order valence-electron chi connectivity index (χ0n) is 13.8. The van der Waals surface area contributed by atoms with Gasteiger partial charge in [-0.2, -0.15) is 0 Å². The second-order valence-electron chi connectivity index (χ2n) is 6.24. The van der Waals surface area contributed by atoms with Crippen molar-refractivity contribution in [2.75, 3.05) is 0 Å². The second kappa shape index (κ2) is 6.55. The molecule has 4 aromatic rings. The molecule has 0 radical (unpaired) electrons. The van der Waals surface area contributed by atoms with Gasteiger partial charge in [-0.3, -0.25) is 0 Å². The van der Waals surface area contributed by atoms with E-state index in [0.717, 1.165) is 11.1 Å². The molecular weight excluding hydrogens is 347 g/mol. The second-order valence-corrected chi connectivity index (χ2v) is 7.05. The Labute approximate surface area is 157 Å². The first-order chi connectivity index (χ1) is 12.1. The van der Waals surface area contributed by atoms with Crippen LogP contribution in [0.1, 0.15) is 5.56 Å². The third kappa shape index (κ3) is 3.16. The molecule has 0 bridgehead atoms. The molecule has 0 atom stereocenters. The molecule has 4 aromatic carbocycles. The van der Waals surface area contributed by atoms with Gasteiger partial charge in [0.2, 0.25) is 0 Å². The number of halogens is 2. The molecule has 0 amide bonds. The summed E-state index contributed by atoms with van der Waals surface area (Å²) >= 11 is 12.4. The van der Waals surface area contributed by atoms with Gasteiger partial charge in [0.15, 0.2) is 0 Å². The lowest BCUT2D eigenvalue weighted by Gasteiger charge is -2.12. The van der Waals surface area contributed by atoms with Crippen LogP contribution in [-0.4, -0.2) is 0 Å². The highest BCUT2D eigenvalue weighted by Gasteiger charge is 2.09. The standard InChI is InChI=1S/C23H16Cl2/c1-15-6-8-16(9-7-15)19-12-17-4-2-3-5-20(17)21(13-19)18-10-11-22(24)23(25)14-18/h2-14H,1H3. The summed E-state index contributed by atoms with van der Waals surface area (Å²) < 4.78 is 0. The maximum absolute atomic E-state index is 6.26. The Morgan fingerprint density at radius 3 is 2.08 bits per heavy atom. The van der Waals surface area contributed by atoms with Crippen LogP contribution in [0, 0.1) is 6.92 Å². The van der Waals surface area contributed by atoms with Gasteiger partial charge in [0.1, 0.15) is 0 Å². The molecule has 0 aliphatic carbocycles. The first kappa shape index (κ1) is 16.2. The number of hydrogen-bond donors (Lipinski definition) is 0. The Kier molecular flexibility index (Phi) is 4.25. The summed E-state index contributed by atoms with van der Waals surface area (Å²) in [7, 11) is 0. The third-order valence-electron chi connectivity index (χ3n) is 4.48. The minimum Gasteiger partial charge on any atom is -0.0827 e. The summed E-state index contributed by atoms with van der Waals surface area (Å²) in [6, 6.07) is 27.3. The van der Waals surface area contributed by atoms with Gasteiger partial charge < -0.3 is 0 Å². The number of hydrogen-bond acceptors (Lipinski definition) is 0. The quantitative estimate of drug-likeness (QED) is 0.341. The summed E-state index contributed by atoms with van der Waals surface area (Å²) in [5, 5.41) is 3.56. The minimum absolute atomic E-state index is 0.573. The van der Waals surface area contributed by atoms with Gasteiger partial charge in [-0.05, 0) is 64.2 Å². The molecule has 0 N–H and O–H groups in total. The molecule has 0 unspecified atom stereocenters. The SMILES string of the molecule is Cc1ccc(-c2cc(-c3ccc(Cl)c(Cl)c3)c3ccccc3c2)cc1. The van der Waals surface area contributed by atoms with E-state index in [1.165, 1.54) is 27.5 Å². The van der Waals surface area contributed by atoms with Crippen LogP contribution in [0.5, 0.6) is 0 Å². The van der Waals surface area contributed by atoms with Gasteiger partial charge in [0.25, 0.3) is 0 Å². The molecule has 0 fully saturated rings. The topological polar surface area (TPSA) is 0 Å². The van der Waals surface area contributed by atoms with Crippen molar-refractivity contribution in [3.05, 3.63) is 94.5 Å². The van der Waals surface area contributed by atoms with Crippen LogP contribution < -0.4 is 0 Å². The first-order valence-electron chi connectivity index (χ1n) is 8.17. The number of aryl methyl sites for hydroxylation is 1. The zero-order valence-corrected chi connectivity index (χ0v) is 15.3. The molecule has 0 aliphatic heterocycles. The predicted octanol–water partition coefficient (Wildman–Crippen LogP) is 7.79. The fourth-order valence-corrected chi connectivity index (χ4v) is 3.42. The Morgan fingerprint density at radius 1 is 0.600 bits per heavy atom. The molecule has 0 saturated heterocycles. The average Bonchev–Trinajstić information content (AvgIpc) is 2.64. The Bertz CT molecular complexity index is 1060. The van der Waals surface area contributed by atoms with E-state index in [-0.39, 0.29) is 0 Å². The van der Waals surface area contributed by atoms with Crippen molar-refractivity contribution < 1.29 is 0 Å². The number of fused-ring (bicyclic) bond motifs is 1. The molecule has 0 aromatic heterocycles. The summed E-state index contributed by atoms with van der Waals surface area (Å²) in [6.07, 6.45) is 0. The van der Waals surface area contributed by atoms with Gasteiger partial charge in [-0.25, -0.2) is 0 Å². The Morgan fingerprint density at radius 2 is 1.32 bits per heavy atom. The largest absolute Gasteiger partial charge is 0.0827 e. The summed E-state index contributed by atoms with van der Waals surface area (Å²) in [6.45, 7) is 2.10. The van der Waals surface area contributed by atoms with Crippen LogP contribution in [0.15, 0.2) is 78.9 Å². The van der Waals surface area contributed by atoms with Gasteiger partial charge >= 0.3 is 0 Å². The summed E-state index contributed by atoms with van der Waals surface area (Å²) in [5.41, 5.74) is 5.89. The van der Waals surface area contributed by atoms with Crippen LogP contribution in [0.25, 0.3) is 33.0 Å². The maximum Gasteiger partial charge on any atom is 0.0598 e. The van der Waals surface area contributed by atoms with Gasteiger partial charge in [0.05, 0.1) is 10.0 Å². The van der Waals surface area contributed by atoms with Crippen molar-refractivity contribution in [2.24, 2.45) is 0 Å². The third-order valence-corrected chi connectivity index (χ3v) is 5.22. The number of rotatable bonds is 2. The monoisotopic (exact) mass is 362 g/mol. The molecular formula is C23H16Cl2. The smallest absolute Gasteiger partial charge is 0.0598 e. The van der Waals surface area contributed by atoms with Crippen molar-refractivity contribution >= 4 is 34.0 Å². The molecule has 0 aliphatic rings. The maximum atomic E-state index is 6.26. The van der Waals surface area contributed by atoms with Crippen LogP contribution in [0.3, 0.4) is 0 Å². The lowest BCUT2D eigenvalue weighted by Crippen LogP contribution is -1.86. The van der Waals surface area contributed by atoms with E-state index < -0.39 is 0 Å². The molecule has 0 nitrogen and oxygen atoms in total. The van der Waals surface area contributed by atoms with Gasteiger partial charge in [0, 0.05) is 0 Å². The average molecular weight is 363 g/mol. The van der Waals surface area contributed by atoms with Crippen LogP contribution in [0.4, 0.5) is 0 Å². The van der Waals surface area contributed by atoms with E-state index in [1.807, 2.05) is 18.2 Å². The molecule has 0 spiro atoms. The summed E-state index contributed by atoms with van der Waals surface area (Å²) in [5.74, 6) is 0. The highest BCUT2D eigenvalue weighted by atomic mass is 35.5. The molecule has 0 heterocycles. The lowest BCUT2D eigenvalue weighted by molar-refractivity contribution is 1.47. The van der Waals surface area contributed by atoms with E-state index in [2.05, 4.69) is 67.6 Å². The van der Waals surface area contributed by atoms with Crippen molar-refractivity contribution in [3.8, 4) is 22.3 Å². The highest BCUT2D eigenvalue weighted by Crippen LogP contribution is 2.36. The van der Waals surface area contributed by atoms with E-state index >= 15 is 0 Å². The number of benzene rings is 4. The molecule has 0 saturated carbocycles. The van der Waals surface area contributed by atoms with Gasteiger partial charge in [-0.15, -0.1) is 0 Å². The van der Waals surface area contributed by atoms with Gasteiger partial charge in [-0.1, -0.05) is 83.4 Å². The van der Waals surface area contributed by atoms with Crippen LogP contribution in [0.2, 0.25) is 10.0 Å². The van der Waals surface area contributed by atoms with Crippen LogP contribution in [-0.2, 0) is 0 Å². The van der Waals surface area contributed by atoms with E-state index in [4.69, 9.17) is 23.2 Å². The van der Waals surface area contributed by atoms with Crippen molar-refractivity contribution in [2.45, 2.75) is 6.92 Å². The summed E-state index contributed by atoms with van der Waals surface area (Å²) in [4.78, 5) is 0. The molecule has 25 heavy (non-hydrogen) atoms. The fourth-order valence-electron chi connectivity index (χ4n) is 3.13. The minimum atomic E-state index is 0.573. The molecule has 122 valence electrons. The van der Waals surface area contributed by atoms with Crippen molar-refractivity contribution in [1.82, 2.24) is 0 Å². The molecule has 2 heteroatoms. The lowest BCUT2D eigenvalue weighted by atomic mass is 9.93. The highest BCUT2D eigenvalue weighted by molar-refractivity contribution is 6.42. The van der Waals surface area contributed by atoms with E-state index in [9.17, 15) is 0 Å². The van der Waals surface area contributed by atoms with Crippen LogP contribution >= 0.6 is 23.2 Å².